The number of hydrogen-bond donors (Lipinski definition) is 2. The summed E-state index contributed by atoms with van der Waals surface area (Å²) in [7, 11) is -0.456. The molecule has 2 aromatic rings. The second-order valence-corrected chi connectivity index (χ2v) is 8.63. The van der Waals surface area contributed by atoms with E-state index in [9.17, 15) is 13.2 Å². The third kappa shape index (κ3) is 6.62. The van der Waals surface area contributed by atoms with Crippen LogP contribution in [0.25, 0.3) is 0 Å². The smallest absolute Gasteiger partial charge is 0.251 e. The van der Waals surface area contributed by atoms with Gasteiger partial charge in [-0.1, -0.05) is 42.8 Å². The van der Waals surface area contributed by atoms with Crippen molar-refractivity contribution in [1.29, 1.82) is 0 Å². The van der Waals surface area contributed by atoms with Gasteiger partial charge in [-0.2, -0.15) is 0 Å². The Morgan fingerprint density at radius 2 is 1.79 bits per heavy atom. The molecule has 158 valence electrons. The maximum absolute atomic E-state index is 12.5. The number of ether oxygens (including phenoxy) is 2. The van der Waals surface area contributed by atoms with Crippen LogP contribution in [0.3, 0.4) is 0 Å². The lowest BCUT2D eigenvalue weighted by Gasteiger charge is -2.14. The van der Waals surface area contributed by atoms with Crippen molar-refractivity contribution in [2.45, 2.75) is 25.6 Å². The molecule has 9 heteroatoms. The van der Waals surface area contributed by atoms with Crippen LogP contribution in [0.15, 0.2) is 36.4 Å². The summed E-state index contributed by atoms with van der Waals surface area (Å²) >= 11 is 6.25. The monoisotopic (exact) mass is 440 g/mol. The molecule has 0 aromatic heterocycles. The first-order valence-corrected chi connectivity index (χ1v) is 11.1. The fourth-order valence-corrected chi connectivity index (χ4v) is 3.57. The maximum Gasteiger partial charge on any atom is 0.251 e. The summed E-state index contributed by atoms with van der Waals surface area (Å²) in [5.74, 6) is 0.404. The fraction of sp³-hybridized carbons (Fsp3) is 0.350. The third-order valence-electron chi connectivity index (χ3n) is 4.09. The Morgan fingerprint density at radius 1 is 1.14 bits per heavy atom. The molecular weight excluding hydrogens is 416 g/mol. The quantitative estimate of drug-likeness (QED) is 0.592. The molecule has 0 fully saturated rings. The van der Waals surface area contributed by atoms with Gasteiger partial charge in [-0.25, -0.2) is 13.1 Å². The zero-order chi connectivity index (χ0) is 21.4. The van der Waals surface area contributed by atoms with E-state index >= 15 is 0 Å². The minimum atomic E-state index is -3.32. The van der Waals surface area contributed by atoms with Gasteiger partial charge in [0, 0.05) is 12.1 Å². The molecule has 29 heavy (non-hydrogen) atoms. The highest BCUT2D eigenvalue weighted by atomic mass is 35.5. The SMILES string of the molecule is CCCOc1c(Cl)cc(C(=O)NCc2ccc(CS(=O)(=O)NC)cc2)cc1OC. The molecule has 0 saturated heterocycles. The summed E-state index contributed by atoms with van der Waals surface area (Å²) in [5, 5.41) is 3.11. The third-order valence-corrected chi connectivity index (χ3v) is 5.70. The number of carbonyl (C=O) groups excluding carboxylic acids is 1. The molecule has 0 radical (unpaired) electrons. The molecule has 0 bridgehead atoms. The summed E-state index contributed by atoms with van der Waals surface area (Å²) in [6, 6.07) is 10.1. The highest BCUT2D eigenvalue weighted by Crippen LogP contribution is 2.36. The summed E-state index contributed by atoms with van der Waals surface area (Å²) in [6.07, 6.45) is 0.821. The van der Waals surface area contributed by atoms with Gasteiger partial charge in [-0.3, -0.25) is 4.79 Å². The van der Waals surface area contributed by atoms with E-state index in [2.05, 4.69) is 10.0 Å². The molecule has 0 aliphatic heterocycles. The Morgan fingerprint density at radius 3 is 2.38 bits per heavy atom. The summed E-state index contributed by atoms with van der Waals surface area (Å²) in [5.41, 5.74) is 1.85. The largest absolute Gasteiger partial charge is 0.493 e. The average molecular weight is 441 g/mol. The molecule has 0 atom stereocenters. The molecule has 2 aromatic carbocycles. The van der Waals surface area contributed by atoms with E-state index in [-0.39, 0.29) is 18.2 Å². The Labute approximate surface area is 176 Å². The molecule has 0 heterocycles. The lowest BCUT2D eigenvalue weighted by atomic mass is 10.1. The van der Waals surface area contributed by atoms with Crippen molar-refractivity contribution < 1.29 is 22.7 Å². The molecule has 0 aliphatic carbocycles. The Kier molecular flexibility index (Phi) is 8.31. The number of halogens is 1. The van der Waals surface area contributed by atoms with Crippen molar-refractivity contribution in [3.8, 4) is 11.5 Å². The first-order chi connectivity index (χ1) is 13.8. The number of hydrogen-bond acceptors (Lipinski definition) is 5. The number of methoxy groups -OCH3 is 1. The fourth-order valence-electron chi connectivity index (χ4n) is 2.52. The highest BCUT2D eigenvalue weighted by Gasteiger charge is 2.16. The molecule has 1 amide bonds. The van der Waals surface area contributed by atoms with Crippen molar-refractivity contribution in [3.05, 3.63) is 58.1 Å². The van der Waals surface area contributed by atoms with Crippen molar-refractivity contribution in [3.63, 3.8) is 0 Å². The van der Waals surface area contributed by atoms with Gasteiger partial charge in [0.25, 0.3) is 5.91 Å². The predicted molar refractivity (Wildman–Crippen MR) is 113 cm³/mol. The van der Waals surface area contributed by atoms with Gasteiger partial charge in [-0.15, -0.1) is 0 Å². The minimum absolute atomic E-state index is 0.0963. The van der Waals surface area contributed by atoms with Crippen LogP contribution in [0.5, 0.6) is 11.5 Å². The van der Waals surface area contributed by atoms with Crippen molar-refractivity contribution in [1.82, 2.24) is 10.0 Å². The number of benzene rings is 2. The number of nitrogens with one attached hydrogen (secondary N) is 2. The van der Waals surface area contributed by atoms with Crippen LogP contribution < -0.4 is 19.5 Å². The summed E-state index contributed by atoms with van der Waals surface area (Å²) < 4.78 is 36.3. The van der Waals surface area contributed by atoms with E-state index in [0.717, 1.165) is 12.0 Å². The van der Waals surface area contributed by atoms with E-state index in [1.165, 1.54) is 20.2 Å². The van der Waals surface area contributed by atoms with E-state index < -0.39 is 10.0 Å². The molecule has 0 spiro atoms. The van der Waals surface area contributed by atoms with Crippen LogP contribution in [-0.4, -0.2) is 35.1 Å². The van der Waals surface area contributed by atoms with Gasteiger partial charge in [-0.05, 0) is 36.7 Å². The van der Waals surface area contributed by atoms with Gasteiger partial charge >= 0.3 is 0 Å². The van der Waals surface area contributed by atoms with E-state index in [1.54, 1.807) is 30.3 Å². The first-order valence-electron chi connectivity index (χ1n) is 9.07. The van der Waals surface area contributed by atoms with Gasteiger partial charge in [0.05, 0.1) is 24.5 Å². The van der Waals surface area contributed by atoms with Gasteiger partial charge in [0.1, 0.15) is 0 Å². The number of carbonyl (C=O) groups is 1. The topological polar surface area (TPSA) is 93.7 Å². The number of amides is 1. The Balaban J connectivity index is 2.04. The number of sulfonamides is 1. The van der Waals surface area contributed by atoms with Crippen LogP contribution in [0.2, 0.25) is 5.02 Å². The van der Waals surface area contributed by atoms with Crippen LogP contribution in [0.1, 0.15) is 34.8 Å². The van der Waals surface area contributed by atoms with Crippen molar-refractivity contribution in [2.75, 3.05) is 20.8 Å². The summed E-state index contributed by atoms with van der Waals surface area (Å²) in [6.45, 7) is 2.76. The zero-order valence-electron chi connectivity index (χ0n) is 16.6. The van der Waals surface area contributed by atoms with Gasteiger partial charge in [0.15, 0.2) is 11.5 Å². The minimum Gasteiger partial charge on any atom is -0.493 e. The first kappa shape index (κ1) is 23.0. The lowest BCUT2D eigenvalue weighted by molar-refractivity contribution is 0.0950. The Bertz CT molecular complexity index is 946. The molecule has 0 saturated carbocycles. The van der Waals surface area contributed by atoms with E-state index in [1.807, 2.05) is 6.92 Å². The van der Waals surface area contributed by atoms with Gasteiger partial charge in [0.2, 0.25) is 10.0 Å². The van der Waals surface area contributed by atoms with Crippen molar-refractivity contribution in [2.24, 2.45) is 0 Å². The van der Waals surface area contributed by atoms with Crippen LogP contribution in [-0.2, 0) is 22.3 Å². The maximum atomic E-state index is 12.5. The molecule has 7 nitrogen and oxygen atoms in total. The molecule has 0 unspecified atom stereocenters. The summed E-state index contributed by atoms with van der Waals surface area (Å²) in [4.78, 5) is 12.5. The van der Waals surface area contributed by atoms with Crippen LogP contribution in [0.4, 0.5) is 0 Å². The van der Waals surface area contributed by atoms with E-state index in [0.29, 0.717) is 34.3 Å². The molecular formula is C20H25ClN2O5S. The molecule has 2 rings (SSSR count). The zero-order valence-corrected chi connectivity index (χ0v) is 18.2. The standard InChI is InChI=1S/C20H25ClN2O5S/c1-4-9-28-19-17(21)10-16(11-18(19)27-3)20(24)23-12-14-5-7-15(8-6-14)13-29(25,26)22-2/h5-8,10-11,22H,4,9,12-13H2,1-3H3,(H,23,24). The number of rotatable bonds is 10. The van der Waals surface area contributed by atoms with Crippen LogP contribution in [0, 0.1) is 0 Å². The Hall–Kier alpha value is -2.29. The van der Waals surface area contributed by atoms with Crippen LogP contribution >= 0.6 is 11.6 Å². The van der Waals surface area contributed by atoms with Gasteiger partial charge < -0.3 is 14.8 Å². The molecule has 0 aliphatic rings. The second kappa shape index (κ2) is 10.5. The van der Waals surface area contributed by atoms with E-state index in [4.69, 9.17) is 21.1 Å². The van der Waals surface area contributed by atoms with Crippen molar-refractivity contribution >= 4 is 27.5 Å². The predicted octanol–water partition coefficient (Wildman–Crippen LogP) is 3.12. The molecule has 2 N–H and O–H groups in total. The lowest BCUT2D eigenvalue weighted by Crippen LogP contribution is -2.23. The highest BCUT2D eigenvalue weighted by molar-refractivity contribution is 7.88. The average Bonchev–Trinajstić information content (AvgIpc) is 2.71. The second-order valence-electron chi connectivity index (χ2n) is 6.30. The normalized spacial score (nSPS) is 11.2.